The lowest BCUT2D eigenvalue weighted by Crippen LogP contribution is -2.37. The maximum absolute atomic E-state index is 13.0. The first-order chi connectivity index (χ1) is 16.4. The highest BCUT2D eigenvalue weighted by molar-refractivity contribution is 5.77. The van der Waals surface area contributed by atoms with Crippen molar-refractivity contribution in [2.75, 3.05) is 37.7 Å². The van der Waals surface area contributed by atoms with Gasteiger partial charge in [-0.1, -0.05) is 60.7 Å². The second-order valence-electron chi connectivity index (χ2n) is 8.14. The van der Waals surface area contributed by atoms with Crippen molar-refractivity contribution in [3.63, 3.8) is 0 Å². The van der Waals surface area contributed by atoms with Crippen LogP contribution in [0.15, 0.2) is 79.0 Å². The first kappa shape index (κ1) is 23.8. The topological polar surface area (TPSA) is 45.7 Å². The third-order valence-electron chi connectivity index (χ3n) is 5.83. The molecule has 1 aliphatic heterocycles. The first-order valence-corrected chi connectivity index (χ1v) is 11.2. The van der Waals surface area contributed by atoms with Crippen LogP contribution < -0.4 is 4.90 Å². The number of carbonyl (C=O) groups is 1. The first-order valence-electron chi connectivity index (χ1n) is 11.2. The molecule has 0 unspecified atom stereocenters. The van der Waals surface area contributed by atoms with E-state index in [1.807, 2.05) is 65.6 Å². The van der Waals surface area contributed by atoms with Crippen molar-refractivity contribution in [2.45, 2.75) is 18.7 Å². The van der Waals surface area contributed by atoms with Crippen LogP contribution in [0.3, 0.4) is 0 Å². The molecule has 0 saturated carbocycles. The second kappa shape index (κ2) is 10.7. The number of rotatable bonds is 6. The number of halogens is 3. The van der Waals surface area contributed by atoms with Gasteiger partial charge in [0, 0.05) is 32.4 Å². The number of carbonyl (C=O) groups excluding carboxylic acids is 1. The highest BCUT2D eigenvalue weighted by Gasteiger charge is 2.31. The number of amides is 1. The molecule has 178 valence electrons. The van der Waals surface area contributed by atoms with E-state index in [0.717, 1.165) is 23.4 Å². The number of benzene rings is 2. The Labute approximate surface area is 196 Å². The zero-order chi connectivity index (χ0) is 24.0. The van der Waals surface area contributed by atoms with E-state index in [9.17, 15) is 18.0 Å². The molecule has 3 aromatic rings. The van der Waals surface area contributed by atoms with E-state index >= 15 is 0 Å². The molecule has 5 nitrogen and oxygen atoms in total. The Bertz CT molecular complexity index is 1020. The molecule has 0 radical (unpaired) electrons. The van der Waals surface area contributed by atoms with Crippen LogP contribution in [-0.2, 0) is 15.7 Å². The van der Waals surface area contributed by atoms with Crippen LogP contribution in [0.1, 0.15) is 29.2 Å². The molecule has 0 N–H and O–H groups in total. The smallest absolute Gasteiger partial charge is 0.359 e. The summed E-state index contributed by atoms with van der Waals surface area (Å²) in [5.41, 5.74) is 1.17. The molecule has 1 saturated heterocycles. The Morgan fingerprint density at radius 3 is 2.09 bits per heavy atom. The minimum atomic E-state index is -4.41. The van der Waals surface area contributed by atoms with Crippen molar-refractivity contribution in [1.29, 1.82) is 0 Å². The summed E-state index contributed by atoms with van der Waals surface area (Å²) in [6.07, 6.45) is -3.23. The summed E-state index contributed by atoms with van der Waals surface area (Å²) in [4.78, 5) is 20.6. The van der Waals surface area contributed by atoms with Gasteiger partial charge in [0.2, 0.25) is 5.91 Å². The molecule has 2 aromatic carbocycles. The zero-order valence-corrected chi connectivity index (χ0v) is 18.6. The minimum absolute atomic E-state index is 0.0625. The average Bonchev–Trinajstić information content (AvgIpc) is 3.11. The molecule has 2 heterocycles. The largest absolute Gasteiger partial charge is 0.417 e. The average molecular weight is 470 g/mol. The molecule has 0 bridgehead atoms. The van der Waals surface area contributed by atoms with E-state index in [1.54, 1.807) is 4.90 Å². The number of hydrogen-bond acceptors (Lipinski definition) is 4. The molecule has 0 spiro atoms. The fraction of sp³-hybridized carbons (Fsp3) is 0.308. The predicted molar refractivity (Wildman–Crippen MR) is 123 cm³/mol. The van der Waals surface area contributed by atoms with E-state index in [1.165, 1.54) is 6.07 Å². The third-order valence-corrected chi connectivity index (χ3v) is 5.83. The van der Waals surface area contributed by atoms with E-state index in [4.69, 9.17) is 4.74 Å². The standard InChI is InChI=1S/C26H26F3N3O2/c27-26(28,29)22-12-13-23(30-18-22)31-14-7-15-32(17-16-31)24(33)19-34-25(20-8-3-1-4-9-20)21-10-5-2-6-11-21/h1-6,8-13,18,25H,7,14-17,19H2. The lowest BCUT2D eigenvalue weighted by molar-refractivity contribution is -0.138. The lowest BCUT2D eigenvalue weighted by atomic mass is 10.0. The molecule has 0 atom stereocenters. The van der Waals surface area contributed by atoms with Gasteiger partial charge >= 0.3 is 6.18 Å². The van der Waals surface area contributed by atoms with Crippen molar-refractivity contribution in [1.82, 2.24) is 9.88 Å². The highest BCUT2D eigenvalue weighted by Crippen LogP contribution is 2.29. The van der Waals surface area contributed by atoms with Crippen LogP contribution in [0.2, 0.25) is 0 Å². The third kappa shape index (κ3) is 5.94. The maximum Gasteiger partial charge on any atom is 0.417 e. The van der Waals surface area contributed by atoms with Gasteiger partial charge in [-0.15, -0.1) is 0 Å². The molecule has 34 heavy (non-hydrogen) atoms. The van der Waals surface area contributed by atoms with Crippen molar-refractivity contribution in [3.8, 4) is 0 Å². The number of hydrogen-bond donors (Lipinski definition) is 0. The number of alkyl halides is 3. The van der Waals surface area contributed by atoms with Crippen LogP contribution >= 0.6 is 0 Å². The summed E-state index contributed by atoms with van der Waals surface area (Å²) in [6.45, 7) is 2.05. The van der Waals surface area contributed by atoms with Crippen molar-refractivity contribution in [3.05, 3.63) is 95.7 Å². The van der Waals surface area contributed by atoms with Gasteiger partial charge in [0.15, 0.2) is 0 Å². The summed E-state index contributed by atoms with van der Waals surface area (Å²) in [5.74, 6) is 0.367. The SMILES string of the molecule is O=C(COC(c1ccccc1)c1ccccc1)N1CCCN(c2ccc(C(F)(F)F)cn2)CC1. The van der Waals surface area contributed by atoms with E-state index in [-0.39, 0.29) is 18.6 Å². The van der Waals surface area contributed by atoms with Gasteiger partial charge in [-0.25, -0.2) is 4.98 Å². The fourth-order valence-corrected chi connectivity index (χ4v) is 4.02. The van der Waals surface area contributed by atoms with E-state index in [2.05, 4.69) is 4.98 Å². The highest BCUT2D eigenvalue weighted by atomic mass is 19.4. The monoisotopic (exact) mass is 469 g/mol. The quantitative estimate of drug-likeness (QED) is 0.513. The number of aromatic nitrogens is 1. The molecule has 8 heteroatoms. The molecule has 1 fully saturated rings. The Morgan fingerprint density at radius 2 is 1.53 bits per heavy atom. The van der Waals surface area contributed by atoms with Crippen LogP contribution in [-0.4, -0.2) is 48.6 Å². The van der Waals surface area contributed by atoms with Crippen LogP contribution in [0.25, 0.3) is 0 Å². The van der Waals surface area contributed by atoms with E-state index in [0.29, 0.717) is 38.4 Å². The predicted octanol–water partition coefficient (Wildman–Crippen LogP) is 4.95. The number of pyridine rings is 1. The molecule has 0 aliphatic carbocycles. The van der Waals surface area contributed by atoms with Crippen LogP contribution in [0, 0.1) is 0 Å². The van der Waals surface area contributed by atoms with Gasteiger partial charge in [0.25, 0.3) is 0 Å². The Kier molecular flexibility index (Phi) is 7.47. The normalized spacial score (nSPS) is 14.8. The van der Waals surface area contributed by atoms with Gasteiger partial charge in [0.1, 0.15) is 18.5 Å². The summed E-state index contributed by atoms with van der Waals surface area (Å²) in [7, 11) is 0. The molecule has 4 rings (SSSR count). The summed E-state index contributed by atoms with van der Waals surface area (Å²) in [6, 6.07) is 22.0. The van der Waals surface area contributed by atoms with Crippen LogP contribution in [0.4, 0.5) is 19.0 Å². The second-order valence-corrected chi connectivity index (χ2v) is 8.14. The van der Waals surface area contributed by atoms with Gasteiger partial charge in [-0.3, -0.25) is 4.79 Å². The molecule has 1 aliphatic rings. The molecule has 1 amide bonds. The van der Waals surface area contributed by atoms with Crippen LogP contribution in [0.5, 0.6) is 0 Å². The van der Waals surface area contributed by atoms with Crippen molar-refractivity contribution < 1.29 is 22.7 Å². The van der Waals surface area contributed by atoms with Gasteiger partial charge < -0.3 is 14.5 Å². The lowest BCUT2D eigenvalue weighted by Gasteiger charge is -2.24. The molecular formula is C26H26F3N3O2. The van der Waals surface area contributed by atoms with Gasteiger partial charge in [0.05, 0.1) is 5.56 Å². The number of ether oxygens (including phenoxy) is 1. The Balaban J connectivity index is 1.37. The fourth-order valence-electron chi connectivity index (χ4n) is 4.02. The molecular weight excluding hydrogens is 443 g/mol. The van der Waals surface area contributed by atoms with Crippen molar-refractivity contribution in [2.24, 2.45) is 0 Å². The summed E-state index contributed by atoms with van der Waals surface area (Å²) >= 11 is 0. The number of anilines is 1. The summed E-state index contributed by atoms with van der Waals surface area (Å²) < 4.78 is 44.5. The molecule has 1 aromatic heterocycles. The number of nitrogens with zero attached hydrogens (tertiary/aromatic N) is 3. The maximum atomic E-state index is 13.0. The van der Waals surface area contributed by atoms with Crippen molar-refractivity contribution >= 4 is 11.7 Å². The zero-order valence-electron chi connectivity index (χ0n) is 18.6. The Morgan fingerprint density at radius 1 is 0.882 bits per heavy atom. The summed E-state index contributed by atoms with van der Waals surface area (Å²) in [5, 5.41) is 0. The van der Waals surface area contributed by atoms with Gasteiger partial charge in [-0.05, 0) is 29.7 Å². The minimum Gasteiger partial charge on any atom is -0.359 e. The van der Waals surface area contributed by atoms with Gasteiger partial charge in [-0.2, -0.15) is 13.2 Å². The Hall–Kier alpha value is -3.39. The van der Waals surface area contributed by atoms with E-state index < -0.39 is 11.7 Å².